The number of carbonyl (C=O) groups is 1. The van der Waals surface area contributed by atoms with Gasteiger partial charge < -0.3 is 5.32 Å². The molecule has 0 heterocycles. The molecule has 132 valence electrons. The highest BCUT2D eigenvalue weighted by atomic mass is 32.2. The number of primary sulfonamides is 1. The van der Waals surface area contributed by atoms with Crippen LogP contribution in [0.1, 0.15) is 24.5 Å². The molecule has 0 aromatic heterocycles. The number of hydrogen-bond donors (Lipinski definition) is 2. The van der Waals surface area contributed by atoms with Gasteiger partial charge in [0.2, 0.25) is 15.9 Å². The maximum absolute atomic E-state index is 11.9. The quantitative estimate of drug-likeness (QED) is 0.589. The van der Waals surface area contributed by atoms with Crippen molar-refractivity contribution in [3.63, 3.8) is 0 Å². The average molecular weight is 358 g/mol. The molecule has 0 atom stereocenters. The van der Waals surface area contributed by atoms with E-state index < -0.39 is 10.0 Å². The van der Waals surface area contributed by atoms with Crippen LogP contribution >= 0.6 is 0 Å². The van der Waals surface area contributed by atoms with Crippen LogP contribution in [-0.4, -0.2) is 20.9 Å². The van der Waals surface area contributed by atoms with Gasteiger partial charge in [-0.1, -0.05) is 42.5 Å². The maximum atomic E-state index is 11.9. The summed E-state index contributed by atoms with van der Waals surface area (Å²) in [4.78, 5) is 12.0. The van der Waals surface area contributed by atoms with E-state index in [0.717, 1.165) is 29.5 Å². The molecule has 2 rings (SSSR count). The van der Waals surface area contributed by atoms with E-state index in [1.54, 1.807) is 18.2 Å². The highest BCUT2D eigenvalue weighted by Gasteiger charge is 2.06. The molecule has 0 aliphatic rings. The highest BCUT2D eigenvalue weighted by Crippen LogP contribution is 2.12. The zero-order valence-corrected chi connectivity index (χ0v) is 14.9. The molecule has 6 heteroatoms. The predicted molar refractivity (Wildman–Crippen MR) is 99.2 cm³/mol. The Hall–Kier alpha value is -2.44. The Morgan fingerprint density at radius 3 is 2.32 bits per heavy atom. The van der Waals surface area contributed by atoms with Gasteiger partial charge in [-0.05, 0) is 48.6 Å². The molecule has 25 heavy (non-hydrogen) atoms. The van der Waals surface area contributed by atoms with Crippen molar-refractivity contribution < 1.29 is 13.2 Å². The molecule has 2 aromatic carbocycles. The van der Waals surface area contributed by atoms with Gasteiger partial charge in [-0.15, -0.1) is 0 Å². The number of aryl methyl sites for hydroxylation is 1. The van der Waals surface area contributed by atoms with Gasteiger partial charge in [0.05, 0.1) is 4.90 Å². The van der Waals surface area contributed by atoms with E-state index in [-0.39, 0.29) is 10.8 Å². The number of sulfonamides is 1. The Morgan fingerprint density at radius 2 is 1.72 bits per heavy atom. The summed E-state index contributed by atoms with van der Waals surface area (Å²) in [6.45, 7) is 2.45. The Morgan fingerprint density at radius 1 is 1.08 bits per heavy atom. The minimum absolute atomic E-state index is 0.103. The molecule has 0 aliphatic heterocycles. The van der Waals surface area contributed by atoms with Gasteiger partial charge in [0.1, 0.15) is 0 Å². The van der Waals surface area contributed by atoms with E-state index in [1.807, 2.05) is 37.3 Å². The Labute approximate surface area is 148 Å². The van der Waals surface area contributed by atoms with Gasteiger partial charge in [-0.3, -0.25) is 4.79 Å². The zero-order chi connectivity index (χ0) is 18.3. The van der Waals surface area contributed by atoms with Crippen LogP contribution in [0.5, 0.6) is 0 Å². The van der Waals surface area contributed by atoms with Crippen molar-refractivity contribution >= 4 is 21.5 Å². The third-order valence-corrected chi connectivity index (χ3v) is 4.70. The molecular weight excluding hydrogens is 336 g/mol. The summed E-state index contributed by atoms with van der Waals surface area (Å²) in [7, 11) is -3.65. The van der Waals surface area contributed by atoms with Crippen LogP contribution in [0.2, 0.25) is 0 Å². The Kier molecular flexibility index (Phi) is 6.50. The summed E-state index contributed by atoms with van der Waals surface area (Å²) in [5.41, 5.74) is 2.93. The first-order chi connectivity index (χ1) is 11.9. The van der Waals surface area contributed by atoms with Crippen molar-refractivity contribution in [1.82, 2.24) is 5.32 Å². The lowest BCUT2D eigenvalue weighted by atomic mass is 10.1. The maximum Gasteiger partial charge on any atom is 0.244 e. The number of nitrogens with one attached hydrogen (secondary N) is 1. The lowest BCUT2D eigenvalue weighted by Gasteiger charge is -2.05. The van der Waals surface area contributed by atoms with Gasteiger partial charge in [-0.25, -0.2) is 13.6 Å². The first-order valence-electron chi connectivity index (χ1n) is 7.99. The zero-order valence-electron chi connectivity index (χ0n) is 14.1. The molecule has 0 bridgehead atoms. The molecule has 1 amide bonds. The minimum atomic E-state index is -3.65. The number of amides is 1. The highest BCUT2D eigenvalue weighted by molar-refractivity contribution is 7.89. The Bertz CT molecular complexity index is 842. The van der Waals surface area contributed by atoms with E-state index in [0.29, 0.717) is 6.54 Å². The summed E-state index contributed by atoms with van der Waals surface area (Å²) >= 11 is 0. The second-order valence-corrected chi connectivity index (χ2v) is 7.34. The summed E-state index contributed by atoms with van der Waals surface area (Å²) < 4.78 is 22.4. The fourth-order valence-electron chi connectivity index (χ4n) is 2.38. The van der Waals surface area contributed by atoms with E-state index in [9.17, 15) is 13.2 Å². The molecule has 2 aromatic rings. The SMILES string of the molecule is C/C(=C\C(=O)NCCCc1ccc(S(N)(=O)=O)cc1)c1ccccc1. The van der Waals surface area contributed by atoms with Crippen molar-refractivity contribution in [3.8, 4) is 0 Å². The molecule has 0 unspecified atom stereocenters. The molecule has 0 saturated carbocycles. The van der Waals surface area contributed by atoms with Crippen molar-refractivity contribution in [1.29, 1.82) is 0 Å². The molecule has 0 saturated heterocycles. The fraction of sp³-hybridized carbons (Fsp3) is 0.211. The third kappa shape index (κ3) is 6.17. The first kappa shape index (κ1) is 18.9. The molecular formula is C19H22N2O3S. The largest absolute Gasteiger partial charge is 0.353 e. The summed E-state index contributed by atoms with van der Waals surface area (Å²) in [6.07, 6.45) is 3.10. The standard InChI is InChI=1S/C19H22N2O3S/c1-15(17-7-3-2-4-8-17)14-19(22)21-13-5-6-16-9-11-18(12-10-16)25(20,23)24/h2-4,7-12,14H,5-6,13H2,1H3,(H,21,22)(H2,20,23,24)/b15-14+. The van der Waals surface area contributed by atoms with Crippen LogP contribution in [0.3, 0.4) is 0 Å². The molecule has 0 radical (unpaired) electrons. The van der Waals surface area contributed by atoms with Crippen LogP contribution in [0, 0.1) is 0 Å². The second kappa shape index (κ2) is 8.60. The summed E-state index contributed by atoms with van der Waals surface area (Å²) in [6, 6.07) is 16.2. The first-order valence-corrected chi connectivity index (χ1v) is 9.54. The van der Waals surface area contributed by atoms with Crippen LogP contribution in [0.15, 0.2) is 65.6 Å². The lowest BCUT2D eigenvalue weighted by molar-refractivity contribution is -0.116. The van der Waals surface area contributed by atoms with Crippen LogP contribution in [0.4, 0.5) is 0 Å². The van der Waals surface area contributed by atoms with Crippen molar-refractivity contribution in [2.45, 2.75) is 24.7 Å². The number of carbonyl (C=O) groups excluding carboxylic acids is 1. The van der Waals surface area contributed by atoms with E-state index in [2.05, 4.69) is 5.32 Å². The normalized spacial score (nSPS) is 12.0. The van der Waals surface area contributed by atoms with E-state index in [4.69, 9.17) is 5.14 Å². The second-order valence-electron chi connectivity index (χ2n) is 5.78. The third-order valence-electron chi connectivity index (χ3n) is 3.77. The summed E-state index contributed by atoms with van der Waals surface area (Å²) in [5, 5.41) is 7.92. The van der Waals surface area contributed by atoms with E-state index in [1.165, 1.54) is 12.1 Å². The molecule has 0 spiro atoms. The Balaban J connectivity index is 1.78. The van der Waals surface area contributed by atoms with Crippen molar-refractivity contribution in [2.24, 2.45) is 5.14 Å². The molecule has 0 aliphatic carbocycles. The van der Waals surface area contributed by atoms with Crippen LogP contribution < -0.4 is 10.5 Å². The predicted octanol–water partition coefficient (Wildman–Crippen LogP) is 2.49. The topological polar surface area (TPSA) is 89.3 Å². The van der Waals surface area contributed by atoms with Gasteiger partial charge >= 0.3 is 0 Å². The van der Waals surface area contributed by atoms with Gasteiger partial charge in [0.25, 0.3) is 0 Å². The number of benzene rings is 2. The smallest absolute Gasteiger partial charge is 0.244 e. The van der Waals surface area contributed by atoms with Crippen molar-refractivity contribution in [2.75, 3.05) is 6.54 Å². The molecule has 3 N–H and O–H groups in total. The van der Waals surface area contributed by atoms with E-state index >= 15 is 0 Å². The molecule has 5 nitrogen and oxygen atoms in total. The summed E-state index contributed by atoms with van der Waals surface area (Å²) in [5.74, 6) is -0.120. The van der Waals surface area contributed by atoms with Gasteiger partial charge in [0, 0.05) is 12.6 Å². The monoisotopic (exact) mass is 358 g/mol. The fourth-order valence-corrected chi connectivity index (χ4v) is 2.90. The minimum Gasteiger partial charge on any atom is -0.353 e. The number of allylic oxidation sites excluding steroid dienone is 1. The van der Waals surface area contributed by atoms with Crippen LogP contribution in [0.25, 0.3) is 5.57 Å². The van der Waals surface area contributed by atoms with Gasteiger partial charge in [0.15, 0.2) is 0 Å². The number of rotatable bonds is 7. The lowest BCUT2D eigenvalue weighted by Crippen LogP contribution is -2.22. The van der Waals surface area contributed by atoms with Gasteiger partial charge in [-0.2, -0.15) is 0 Å². The average Bonchev–Trinajstić information content (AvgIpc) is 2.59. The molecule has 0 fully saturated rings. The van der Waals surface area contributed by atoms with Crippen molar-refractivity contribution in [3.05, 3.63) is 71.8 Å². The number of nitrogens with two attached hydrogens (primary N) is 1. The number of hydrogen-bond acceptors (Lipinski definition) is 3. The van der Waals surface area contributed by atoms with Crippen LogP contribution in [-0.2, 0) is 21.2 Å².